The van der Waals surface area contributed by atoms with Crippen molar-refractivity contribution in [3.8, 4) is 6.01 Å². The van der Waals surface area contributed by atoms with E-state index in [1.165, 1.54) is 0 Å². The molecule has 1 heterocycles. The van der Waals surface area contributed by atoms with Gasteiger partial charge < -0.3 is 14.4 Å². The summed E-state index contributed by atoms with van der Waals surface area (Å²) in [6, 6.07) is 0.283. The van der Waals surface area contributed by atoms with E-state index >= 15 is 0 Å². The van der Waals surface area contributed by atoms with Gasteiger partial charge in [0.1, 0.15) is 6.10 Å². The van der Waals surface area contributed by atoms with Gasteiger partial charge in [-0.25, -0.2) is 0 Å². The molecule has 2 atom stereocenters. The molecule has 1 aliphatic rings. The van der Waals surface area contributed by atoms with E-state index in [9.17, 15) is 0 Å². The quantitative estimate of drug-likeness (QED) is 0.843. The molecule has 0 radical (unpaired) electrons. The summed E-state index contributed by atoms with van der Waals surface area (Å²) in [6.45, 7) is 0. The first kappa shape index (κ1) is 14.3. The van der Waals surface area contributed by atoms with E-state index in [1.54, 1.807) is 12.0 Å². The van der Waals surface area contributed by atoms with Gasteiger partial charge in [-0.15, -0.1) is 0 Å². The van der Waals surface area contributed by atoms with Gasteiger partial charge in [0.15, 0.2) is 0 Å². The van der Waals surface area contributed by atoms with Crippen LogP contribution in [0.4, 0.5) is 5.95 Å². The maximum atomic E-state index is 5.87. The Labute approximate surface area is 118 Å². The average Bonchev–Trinajstić information content (AvgIpc) is 2.38. The van der Waals surface area contributed by atoms with Crippen LogP contribution in [0.2, 0.25) is 5.28 Å². The fourth-order valence-corrected chi connectivity index (χ4v) is 2.29. The molecule has 6 nitrogen and oxygen atoms in total. The van der Waals surface area contributed by atoms with Gasteiger partial charge in [0.05, 0.1) is 6.10 Å². The zero-order chi connectivity index (χ0) is 13.8. The van der Waals surface area contributed by atoms with E-state index in [2.05, 4.69) is 15.0 Å². The molecular formula is C12H19ClN4O2. The number of anilines is 1. The summed E-state index contributed by atoms with van der Waals surface area (Å²) in [5.74, 6) is 0.495. The van der Waals surface area contributed by atoms with E-state index in [-0.39, 0.29) is 23.5 Å². The van der Waals surface area contributed by atoms with Gasteiger partial charge in [0.2, 0.25) is 11.2 Å². The number of methoxy groups -OCH3 is 1. The monoisotopic (exact) mass is 286 g/mol. The summed E-state index contributed by atoms with van der Waals surface area (Å²) < 4.78 is 11.2. The van der Waals surface area contributed by atoms with Gasteiger partial charge in [0.25, 0.3) is 0 Å². The molecule has 2 rings (SSSR count). The first-order chi connectivity index (χ1) is 9.08. The van der Waals surface area contributed by atoms with E-state index in [0.717, 1.165) is 25.7 Å². The van der Waals surface area contributed by atoms with Crippen LogP contribution in [-0.2, 0) is 4.74 Å². The molecule has 0 bridgehead atoms. The Hall–Kier alpha value is -1.14. The zero-order valence-electron chi connectivity index (χ0n) is 11.5. The molecule has 0 spiro atoms. The third-order valence-corrected chi connectivity index (χ3v) is 3.33. The van der Waals surface area contributed by atoms with Crippen LogP contribution in [0.1, 0.15) is 25.7 Å². The molecule has 19 heavy (non-hydrogen) atoms. The second-order valence-corrected chi connectivity index (χ2v) is 5.18. The second kappa shape index (κ2) is 6.34. The Balaban J connectivity index is 2.06. The van der Waals surface area contributed by atoms with Crippen molar-refractivity contribution in [1.29, 1.82) is 0 Å². The predicted molar refractivity (Wildman–Crippen MR) is 72.8 cm³/mol. The van der Waals surface area contributed by atoms with Gasteiger partial charge in [-0.1, -0.05) is 0 Å². The lowest BCUT2D eigenvalue weighted by Crippen LogP contribution is -2.30. The minimum Gasteiger partial charge on any atom is -0.460 e. The maximum absolute atomic E-state index is 5.87. The Morgan fingerprint density at radius 1 is 1.16 bits per heavy atom. The molecule has 1 aromatic rings. The van der Waals surface area contributed by atoms with Crippen LogP contribution >= 0.6 is 11.6 Å². The third-order valence-electron chi connectivity index (χ3n) is 3.16. The minimum atomic E-state index is 0.0761. The summed E-state index contributed by atoms with van der Waals surface area (Å²) in [6.07, 6.45) is 4.34. The van der Waals surface area contributed by atoms with Crippen LogP contribution in [0.3, 0.4) is 0 Å². The lowest BCUT2D eigenvalue weighted by molar-refractivity contribution is 0.0178. The molecule has 106 valence electrons. The van der Waals surface area contributed by atoms with Crippen molar-refractivity contribution in [2.24, 2.45) is 0 Å². The number of aromatic nitrogens is 3. The van der Waals surface area contributed by atoms with Crippen molar-refractivity contribution >= 4 is 17.5 Å². The van der Waals surface area contributed by atoms with Gasteiger partial charge in [-0.2, -0.15) is 15.0 Å². The van der Waals surface area contributed by atoms with E-state index in [4.69, 9.17) is 21.1 Å². The number of ether oxygens (including phenoxy) is 2. The molecule has 0 aliphatic heterocycles. The number of halogens is 1. The smallest absolute Gasteiger partial charge is 0.322 e. The van der Waals surface area contributed by atoms with Crippen molar-refractivity contribution in [2.75, 3.05) is 26.1 Å². The second-order valence-electron chi connectivity index (χ2n) is 4.85. The lowest BCUT2D eigenvalue weighted by Gasteiger charge is -2.27. The van der Waals surface area contributed by atoms with Crippen molar-refractivity contribution in [1.82, 2.24) is 15.0 Å². The highest BCUT2D eigenvalue weighted by Crippen LogP contribution is 2.24. The summed E-state index contributed by atoms with van der Waals surface area (Å²) in [7, 11) is 5.42. The SMILES string of the molecule is COC1CCCC(Oc2nc(Cl)nc(N(C)C)n2)C1. The zero-order valence-corrected chi connectivity index (χ0v) is 12.2. The molecule has 0 aromatic carbocycles. The molecule has 0 amide bonds. The Kier molecular flexibility index (Phi) is 4.76. The average molecular weight is 287 g/mol. The maximum Gasteiger partial charge on any atom is 0.322 e. The Bertz CT molecular complexity index is 430. The largest absolute Gasteiger partial charge is 0.460 e. The van der Waals surface area contributed by atoms with Crippen LogP contribution in [-0.4, -0.2) is 48.4 Å². The van der Waals surface area contributed by atoms with Crippen molar-refractivity contribution in [3.05, 3.63) is 5.28 Å². The van der Waals surface area contributed by atoms with Crippen LogP contribution in [0, 0.1) is 0 Å². The van der Waals surface area contributed by atoms with E-state index < -0.39 is 0 Å². The number of hydrogen-bond donors (Lipinski definition) is 0. The predicted octanol–water partition coefficient (Wildman–Crippen LogP) is 1.93. The minimum absolute atomic E-state index is 0.0761. The van der Waals surface area contributed by atoms with Gasteiger partial charge in [-0.3, -0.25) is 0 Å². The highest BCUT2D eigenvalue weighted by molar-refractivity contribution is 6.28. The topological polar surface area (TPSA) is 60.4 Å². The van der Waals surface area contributed by atoms with Crippen molar-refractivity contribution in [2.45, 2.75) is 37.9 Å². The molecule has 1 aromatic heterocycles. The fourth-order valence-electron chi connectivity index (χ4n) is 2.15. The molecule has 7 heteroatoms. The molecule has 0 saturated heterocycles. The summed E-state index contributed by atoms with van der Waals surface area (Å²) in [5, 5.41) is 0.146. The molecule has 1 saturated carbocycles. The molecular weight excluding hydrogens is 268 g/mol. The van der Waals surface area contributed by atoms with Gasteiger partial charge in [-0.05, 0) is 30.9 Å². The summed E-state index contributed by atoms with van der Waals surface area (Å²) in [5.41, 5.74) is 0. The first-order valence-corrected chi connectivity index (χ1v) is 6.74. The van der Waals surface area contributed by atoms with Gasteiger partial charge in [0, 0.05) is 27.6 Å². The van der Waals surface area contributed by atoms with Crippen molar-refractivity contribution in [3.63, 3.8) is 0 Å². The van der Waals surface area contributed by atoms with Gasteiger partial charge >= 0.3 is 6.01 Å². The summed E-state index contributed by atoms with van der Waals surface area (Å²) in [4.78, 5) is 14.0. The highest BCUT2D eigenvalue weighted by atomic mass is 35.5. The Morgan fingerprint density at radius 2 is 1.89 bits per heavy atom. The molecule has 0 N–H and O–H groups in total. The standard InChI is InChI=1S/C12H19ClN4O2/c1-17(2)11-14-10(13)15-12(16-11)19-9-6-4-5-8(7-9)18-3/h8-9H,4-7H2,1-3H3. The number of hydrogen-bond acceptors (Lipinski definition) is 6. The van der Waals surface area contributed by atoms with E-state index in [0.29, 0.717) is 5.95 Å². The number of rotatable bonds is 4. The van der Waals surface area contributed by atoms with Crippen LogP contribution in [0.5, 0.6) is 6.01 Å². The highest BCUT2D eigenvalue weighted by Gasteiger charge is 2.24. The Morgan fingerprint density at radius 3 is 2.58 bits per heavy atom. The first-order valence-electron chi connectivity index (χ1n) is 6.37. The van der Waals surface area contributed by atoms with Crippen molar-refractivity contribution < 1.29 is 9.47 Å². The molecule has 1 aliphatic carbocycles. The third kappa shape index (κ3) is 3.91. The normalized spacial score (nSPS) is 23.2. The van der Waals surface area contributed by atoms with E-state index in [1.807, 2.05) is 14.1 Å². The fraction of sp³-hybridized carbons (Fsp3) is 0.750. The van der Waals surface area contributed by atoms with Crippen LogP contribution < -0.4 is 9.64 Å². The van der Waals surface area contributed by atoms with Crippen LogP contribution in [0.25, 0.3) is 0 Å². The molecule has 2 unspecified atom stereocenters. The summed E-state index contributed by atoms with van der Waals surface area (Å²) >= 11 is 5.87. The van der Waals surface area contributed by atoms with Crippen LogP contribution in [0.15, 0.2) is 0 Å². The lowest BCUT2D eigenvalue weighted by atomic mass is 9.95. The molecule has 1 fully saturated rings. The number of nitrogens with zero attached hydrogens (tertiary/aromatic N) is 4.